The molecule has 0 bridgehead atoms. The highest BCUT2D eigenvalue weighted by Crippen LogP contribution is 2.51. The molecule has 0 nitrogen and oxygen atoms in total. The molecular formula is C16H24. The summed E-state index contributed by atoms with van der Waals surface area (Å²) in [6.45, 7) is 7.29. The predicted molar refractivity (Wildman–Crippen MR) is 69.1 cm³/mol. The summed E-state index contributed by atoms with van der Waals surface area (Å²) in [6, 6.07) is 0. The monoisotopic (exact) mass is 216 g/mol. The molecule has 0 N–H and O–H groups in total. The van der Waals surface area contributed by atoms with E-state index in [0.29, 0.717) is 0 Å². The molecule has 0 saturated heterocycles. The van der Waals surface area contributed by atoms with Crippen molar-refractivity contribution in [2.75, 3.05) is 0 Å². The lowest BCUT2D eigenvalue weighted by molar-refractivity contribution is 0.266. The van der Waals surface area contributed by atoms with Gasteiger partial charge in [0, 0.05) is 0 Å². The topological polar surface area (TPSA) is 0 Å². The fraction of sp³-hybridized carbons (Fsp3) is 0.750. The van der Waals surface area contributed by atoms with E-state index < -0.39 is 0 Å². The molecule has 0 spiro atoms. The summed E-state index contributed by atoms with van der Waals surface area (Å²) < 4.78 is 0. The number of allylic oxidation sites excluding steroid dienone is 4. The first kappa shape index (κ1) is 10.6. The SMILES string of the molecule is CC(C)C1C(C)CC2C=C3CCCC3=CC21. The fourth-order valence-electron chi connectivity index (χ4n) is 4.59. The second-order valence-electron chi connectivity index (χ2n) is 6.51. The summed E-state index contributed by atoms with van der Waals surface area (Å²) in [4.78, 5) is 0. The molecule has 3 aliphatic carbocycles. The van der Waals surface area contributed by atoms with Gasteiger partial charge in [0.05, 0.1) is 0 Å². The maximum absolute atomic E-state index is 2.67. The number of hydrogen-bond donors (Lipinski definition) is 0. The van der Waals surface area contributed by atoms with Crippen LogP contribution >= 0.6 is 0 Å². The molecular weight excluding hydrogens is 192 g/mol. The second kappa shape index (κ2) is 3.75. The Kier molecular flexibility index (Phi) is 2.49. The molecule has 2 saturated carbocycles. The van der Waals surface area contributed by atoms with Gasteiger partial charge >= 0.3 is 0 Å². The van der Waals surface area contributed by atoms with Crippen LogP contribution in [0, 0.1) is 29.6 Å². The van der Waals surface area contributed by atoms with Crippen LogP contribution in [0.3, 0.4) is 0 Å². The lowest BCUT2D eigenvalue weighted by Crippen LogP contribution is -2.21. The van der Waals surface area contributed by atoms with E-state index in [-0.39, 0.29) is 0 Å². The number of rotatable bonds is 1. The zero-order chi connectivity index (χ0) is 11.3. The van der Waals surface area contributed by atoms with E-state index in [4.69, 9.17) is 0 Å². The standard InChI is InChI=1S/C16H24/c1-10(2)16-11(3)7-14-8-12-5-4-6-13(12)9-15(14)16/h8-11,14-16H,4-7H2,1-3H3. The Bertz CT molecular complexity index is 345. The molecule has 88 valence electrons. The zero-order valence-corrected chi connectivity index (χ0v) is 10.9. The Morgan fingerprint density at radius 2 is 1.81 bits per heavy atom. The fourth-order valence-corrected chi connectivity index (χ4v) is 4.59. The predicted octanol–water partition coefficient (Wildman–Crippen LogP) is 4.58. The van der Waals surface area contributed by atoms with Crippen molar-refractivity contribution < 1.29 is 0 Å². The van der Waals surface area contributed by atoms with Gasteiger partial charge in [0.15, 0.2) is 0 Å². The van der Waals surface area contributed by atoms with Gasteiger partial charge in [-0.2, -0.15) is 0 Å². The van der Waals surface area contributed by atoms with Crippen molar-refractivity contribution >= 4 is 0 Å². The molecule has 0 amide bonds. The van der Waals surface area contributed by atoms with Gasteiger partial charge in [-0.25, -0.2) is 0 Å². The summed E-state index contributed by atoms with van der Waals surface area (Å²) in [5.74, 6) is 4.43. The van der Waals surface area contributed by atoms with Crippen LogP contribution in [0.2, 0.25) is 0 Å². The van der Waals surface area contributed by atoms with E-state index in [9.17, 15) is 0 Å². The van der Waals surface area contributed by atoms with E-state index in [1.54, 1.807) is 11.1 Å². The lowest BCUT2D eigenvalue weighted by atomic mass is 9.76. The molecule has 0 aromatic rings. The Hall–Kier alpha value is -0.520. The third-order valence-electron chi connectivity index (χ3n) is 5.12. The van der Waals surface area contributed by atoms with Crippen molar-refractivity contribution in [2.24, 2.45) is 29.6 Å². The highest BCUT2D eigenvalue weighted by Gasteiger charge is 2.42. The molecule has 0 aromatic carbocycles. The van der Waals surface area contributed by atoms with Crippen molar-refractivity contribution in [2.45, 2.75) is 46.5 Å². The minimum Gasteiger partial charge on any atom is -0.0773 e. The maximum Gasteiger partial charge on any atom is -0.0131 e. The van der Waals surface area contributed by atoms with Crippen LogP contribution < -0.4 is 0 Å². The largest absolute Gasteiger partial charge is 0.0773 e. The Balaban J connectivity index is 1.92. The first-order valence-electron chi connectivity index (χ1n) is 7.08. The van der Waals surface area contributed by atoms with Gasteiger partial charge in [-0.1, -0.05) is 32.9 Å². The summed E-state index contributed by atoms with van der Waals surface area (Å²) in [6.07, 6.45) is 10.9. The van der Waals surface area contributed by atoms with E-state index in [1.165, 1.54) is 25.7 Å². The van der Waals surface area contributed by atoms with Crippen LogP contribution in [-0.4, -0.2) is 0 Å². The van der Waals surface area contributed by atoms with Crippen LogP contribution in [0.1, 0.15) is 46.5 Å². The van der Waals surface area contributed by atoms with Crippen LogP contribution in [0.15, 0.2) is 23.3 Å². The minimum absolute atomic E-state index is 0.846. The van der Waals surface area contributed by atoms with Crippen LogP contribution in [-0.2, 0) is 0 Å². The molecule has 16 heavy (non-hydrogen) atoms. The van der Waals surface area contributed by atoms with Gasteiger partial charge in [0.1, 0.15) is 0 Å². The van der Waals surface area contributed by atoms with Gasteiger partial charge in [-0.05, 0) is 66.4 Å². The number of hydrogen-bond acceptors (Lipinski definition) is 0. The highest BCUT2D eigenvalue weighted by atomic mass is 14.5. The highest BCUT2D eigenvalue weighted by molar-refractivity contribution is 5.40. The quantitative estimate of drug-likeness (QED) is 0.602. The van der Waals surface area contributed by atoms with Crippen LogP contribution in [0.5, 0.6) is 0 Å². The molecule has 4 atom stereocenters. The molecule has 0 heterocycles. The minimum atomic E-state index is 0.846. The average molecular weight is 216 g/mol. The maximum atomic E-state index is 2.67. The normalized spacial score (nSPS) is 41.8. The Labute approximate surface area is 99.8 Å². The van der Waals surface area contributed by atoms with Gasteiger partial charge in [-0.3, -0.25) is 0 Å². The van der Waals surface area contributed by atoms with Crippen molar-refractivity contribution in [1.29, 1.82) is 0 Å². The van der Waals surface area contributed by atoms with Crippen LogP contribution in [0.25, 0.3) is 0 Å². The first-order chi connectivity index (χ1) is 7.66. The smallest absolute Gasteiger partial charge is 0.0131 e. The molecule has 2 fully saturated rings. The van der Waals surface area contributed by atoms with E-state index in [1.807, 2.05) is 0 Å². The van der Waals surface area contributed by atoms with Gasteiger partial charge in [0.2, 0.25) is 0 Å². The molecule has 0 heteroatoms. The Morgan fingerprint density at radius 3 is 2.50 bits per heavy atom. The second-order valence-corrected chi connectivity index (χ2v) is 6.51. The number of fused-ring (bicyclic) bond motifs is 2. The molecule has 3 rings (SSSR count). The van der Waals surface area contributed by atoms with Gasteiger partial charge in [-0.15, -0.1) is 0 Å². The van der Waals surface area contributed by atoms with Gasteiger partial charge < -0.3 is 0 Å². The molecule has 0 radical (unpaired) electrons. The Morgan fingerprint density at radius 1 is 1.12 bits per heavy atom. The molecule has 3 aliphatic rings. The van der Waals surface area contributed by atoms with E-state index in [0.717, 1.165) is 29.6 Å². The summed E-state index contributed by atoms with van der Waals surface area (Å²) in [5.41, 5.74) is 3.42. The summed E-state index contributed by atoms with van der Waals surface area (Å²) in [7, 11) is 0. The van der Waals surface area contributed by atoms with Crippen molar-refractivity contribution in [3.05, 3.63) is 23.3 Å². The third-order valence-corrected chi connectivity index (χ3v) is 5.12. The van der Waals surface area contributed by atoms with Gasteiger partial charge in [0.25, 0.3) is 0 Å². The van der Waals surface area contributed by atoms with Crippen molar-refractivity contribution in [1.82, 2.24) is 0 Å². The average Bonchev–Trinajstić information content (AvgIpc) is 2.75. The molecule has 4 unspecified atom stereocenters. The zero-order valence-electron chi connectivity index (χ0n) is 10.9. The van der Waals surface area contributed by atoms with Crippen molar-refractivity contribution in [3.8, 4) is 0 Å². The van der Waals surface area contributed by atoms with E-state index >= 15 is 0 Å². The lowest BCUT2D eigenvalue weighted by Gasteiger charge is -2.29. The molecule has 0 aromatic heterocycles. The van der Waals surface area contributed by atoms with E-state index in [2.05, 4.69) is 32.9 Å². The third kappa shape index (κ3) is 1.49. The molecule has 0 aliphatic heterocycles. The first-order valence-corrected chi connectivity index (χ1v) is 7.08. The summed E-state index contributed by atoms with van der Waals surface area (Å²) >= 11 is 0. The van der Waals surface area contributed by atoms with Crippen molar-refractivity contribution in [3.63, 3.8) is 0 Å². The summed E-state index contributed by atoms with van der Waals surface area (Å²) in [5, 5.41) is 0. The van der Waals surface area contributed by atoms with Crippen LogP contribution in [0.4, 0.5) is 0 Å².